The third-order valence-corrected chi connectivity index (χ3v) is 6.54. The number of imide groups is 1. The average molecular weight is 492 g/mol. The summed E-state index contributed by atoms with van der Waals surface area (Å²) in [7, 11) is 0. The van der Waals surface area contributed by atoms with Gasteiger partial charge in [-0.05, 0) is 29.3 Å². The molecule has 0 aliphatic carbocycles. The van der Waals surface area contributed by atoms with Gasteiger partial charge in [0.2, 0.25) is 5.91 Å². The minimum atomic E-state index is -1.45. The number of thioether (sulfide) groups is 1. The molecule has 4 aromatic rings. The maximum absolute atomic E-state index is 13.6. The van der Waals surface area contributed by atoms with Crippen molar-refractivity contribution in [3.63, 3.8) is 0 Å². The van der Waals surface area contributed by atoms with Crippen LogP contribution >= 0.6 is 23.4 Å². The van der Waals surface area contributed by atoms with Gasteiger partial charge in [0.25, 0.3) is 5.91 Å². The summed E-state index contributed by atoms with van der Waals surface area (Å²) in [5.41, 5.74) is 3.64. The molecule has 3 aromatic carbocycles. The van der Waals surface area contributed by atoms with Crippen molar-refractivity contribution in [2.24, 2.45) is 0 Å². The van der Waals surface area contributed by atoms with Gasteiger partial charge in [-0.25, -0.2) is 9.78 Å². The van der Waals surface area contributed by atoms with Gasteiger partial charge in [0.1, 0.15) is 0 Å². The Morgan fingerprint density at radius 3 is 2.29 bits per heavy atom. The number of aromatic nitrogens is 2. The van der Waals surface area contributed by atoms with Crippen LogP contribution in [0.15, 0.2) is 84.0 Å². The predicted octanol–water partition coefficient (Wildman–Crippen LogP) is 3.84. The van der Waals surface area contributed by atoms with E-state index in [1.165, 1.54) is 0 Å². The van der Waals surface area contributed by atoms with Gasteiger partial charge in [0.05, 0.1) is 16.8 Å². The lowest BCUT2D eigenvalue weighted by molar-refractivity contribution is -0.137. The zero-order valence-electron chi connectivity index (χ0n) is 17.6. The molecule has 0 bridgehead atoms. The standard InChI is InChI=1S/C24H18ClN5O3S/c25-17-11-12-18-19(13-17)27-22(26-18)34-14-20(31)29-30-21(32)24(28-23(30)33,15-7-3-1-4-8-15)16-9-5-2-6-10-16/h1-13H,14H2,(H,26,27)(H,28,33)(H,29,31). The molecule has 1 aromatic heterocycles. The highest BCUT2D eigenvalue weighted by Gasteiger charge is 2.54. The van der Waals surface area contributed by atoms with Crippen LogP contribution in [0.25, 0.3) is 11.0 Å². The van der Waals surface area contributed by atoms with E-state index in [-0.39, 0.29) is 5.75 Å². The molecule has 0 unspecified atom stereocenters. The number of hydrogen-bond donors (Lipinski definition) is 3. The van der Waals surface area contributed by atoms with Crippen molar-refractivity contribution in [2.75, 3.05) is 5.75 Å². The molecule has 0 spiro atoms. The van der Waals surface area contributed by atoms with Crippen LogP contribution in [0.3, 0.4) is 0 Å². The van der Waals surface area contributed by atoms with Crippen molar-refractivity contribution in [3.8, 4) is 0 Å². The van der Waals surface area contributed by atoms with Crippen LogP contribution in [-0.2, 0) is 15.1 Å². The highest BCUT2D eigenvalue weighted by Crippen LogP contribution is 2.35. The zero-order chi connectivity index (χ0) is 23.7. The number of rotatable bonds is 6. The topological polar surface area (TPSA) is 107 Å². The number of nitrogens with zero attached hydrogens (tertiary/aromatic N) is 2. The molecule has 0 atom stereocenters. The lowest BCUT2D eigenvalue weighted by atomic mass is 9.83. The number of hydrazine groups is 1. The number of nitrogens with one attached hydrogen (secondary N) is 3. The van der Waals surface area contributed by atoms with Gasteiger partial charge in [-0.2, -0.15) is 5.01 Å². The summed E-state index contributed by atoms with van der Waals surface area (Å²) in [6.07, 6.45) is 0. The van der Waals surface area contributed by atoms with Crippen LogP contribution in [0.4, 0.5) is 4.79 Å². The zero-order valence-corrected chi connectivity index (χ0v) is 19.2. The largest absolute Gasteiger partial charge is 0.344 e. The smallest absolute Gasteiger partial charge is 0.333 e. The second kappa shape index (κ2) is 8.85. The average Bonchev–Trinajstić information content (AvgIpc) is 3.37. The normalized spacial score (nSPS) is 14.9. The minimum Gasteiger partial charge on any atom is -0.333 e. The summed E-state index contributed by atoms with van der Waals surface area (Å²) in [4.78, 5) is 46.6. The Morgan fingerprint density at radius 1 is 1.00 bits per heavy atom. The number of aromatic amines is 1. The summed E-state index contributed by atoms with van der Waals surface area (Å²) in [5, 5.41) is 4.62. The van der Waals surface area contributed by atoms with Crippen molar-refractivity contribution in [1.82, 2.24) is 25.7 Å². The summed E-state index contributed by atoms with van der Waals surface area (Å²) in [6, 6.07) is 22.4. The number of benzene rings is 3. The lowest BCUT2D eigenvalue weighted by Crippen LogP contribution is -2.49. The number of amides is 4. The molecule has 10 heteroatoms. The monoisotopic (exact) mass is 491 g/mol. The maximum atomic E-state index is 13.6. The van der Waals surface area contributed by atoms with E-state index < -0.39 is 23.4 Å². The maximum Gasteiger partial charge on any atom is 0.344 e. The first-order valence-corrected chi connectivity index (χ1v) is 11.7. The summed E-state index contributed by atoms with van der Waals surface area (Å²) in [5.74, 6) is -1.18. The number of H-pyrrole nitrogens is 1. The van der Waals surface area contributed by atoms with E-state index in [9.17, 15) is 14.4 Å². The van der Waals surface area contributed by atoms with Crippen LogP contribution in [0.2, 0.25) is 5.02 Å². The number of carbonyl (C=O) groups excluding carboxylic acids is 3. The molecule has 170 valence electrons. The number of carbonyl (C=O) groups is 3. The first-order valence-electron chi connectivity index (χ1n) is 10.3. The van der Waals surface area contributed by atoms with E-state index >= 15 is 0 Å². The highest BCUT2D eigenvalue weighted by molar-refractivity contribution is 7.99. The number of hydrogen-bond acceptors (Lipinski definition) is 5. The van der Waals surface area contributed by atoms with E-state index in [0.29, 0.717) is 21.3 Å². The van der Waals surface area contributed by atoms with Crippen molar-refractivity contribution >= 4 is 52.2 Å². The molecule has 5 rings (SSSR count). The molecule has 2 heterocycles. The fraction of sp³-hybridized carbons (Fsp3) is 0.0833. The fourth-order valence-electron chi connectivity index (χ4n) is 3.88. The Balaban J connectivity index is 1.35. The first kappa shape index (κ1) is 22.0. The number of fused-ring (bicyclic) bond motifs is 1. The van der Waals surface area contributed by atoms with Gasteiger partial charge in [-0.15, -0.1) is 0 Å². The van der Waals surface area contributed by atoms with E-state index in [0.717, 1.165) is 27.8 Å². The molecule has 0 saturated carbocycles. The van der Waals surface area contributed by atoms with E-state index in [1.807, 2.05) is 12.1 Å². The Kier molecular flexibility index (Phi) is 5.72. The molecular formula is C24H18ClN5O3S. The number of halogens is 1. The molecule has 0 radical (unpaired) electrons. The highest BCUT2D eigenvalue weighted by atomic mass is 35.5. The minimum absolute atomic E-state index is 0.0612. The van der Waals surface area contributed by atoms with E-state index in [4.69, 9.17) is 11.6 Å². The van der Waals surface area contributed by atoms with Gasteiger partial charge >= 0.3 is 6.03 Å². The number of urea groups is 1. The van der Waals surface area contributed by atoms with E-state index in [2.05, 4.69) is 20.7 Å². The SMILES string of the molecule is O=C(CSc1nc2ccc(Cl)cc2[nH]1)NN1C(=O)NC(c2ccccc2)(c2ccccc2)C1=O. The van der Waals surface area contributed by atoms with Gasteiger partial charge < -0.3 is 10.3 Å². The molecule has 34 heavy (non-hydrogen) atoms. The molecule has 1 aliphatic heterocycles. The van der Waals surface area contributed by atoms with Gasteiger partial charge in [-0.3, -0.25) is 15.0 Å². The quantitative estimate of drug-likeness (QED) is 0.280. The van der Waals surface area contributed by atoms with Crippen molar-refractivity contribution in [2.45, 2.75) is 10.7 Å². The van der Waals surface area contributed by atoms with Crippen LogP contribution in [0.5, 0.6) is 0 Å². The second-order valence-electron chi connectivity index (χ2n) is 7.58. The van der Waals surface area contributed by atoms with Gasteiger partial charge in [0.15, 0.2) is 10.7 Å². The van der Waals surface area contributed by atoms with Crippen molar-refractivity contribution in [3.05, 3.63) is 95.0 Å². The molecule has 1 fully saturated rings. The lowest BCUT2D eigenvalue weighted by Gasteiger charge is -2.27. The third kappa shape index (κ3) is 3.89. The van der Waals surface area contributed by atoms with Gasteiger partial charge in [-0.1, -0.05) is 84.0 Å². The van der Waals surface area contributed by atoms with Gasteiger partial charge in [0, 0.05) is 5.02 Å². The molecule has 3 N–H and O–H groups in total. The first-order chi connectivity index (χ1) is 16.5. The van der Waals surface area contributed by atoms with Crippen LogP contribution < -0.4 is 10.7 Å². The fourth-order valence-corrected chi connectivity index (χ4v) is 4.73. The van der Waals surface area contributed by atoms with Crippen molar-refractivity contribution < 1.29 is 14.4 Å². The molecular weight excluding hydrogens is 474 g/mol. The van der Waals surface area contributed by atoms with Crippen molar-refractivity contribution in [1.29, 1.82) is 0 Å². The Bertz CT molecular complexity index is 1350. The molecule has 4 amide bonds. The summed E-state index contributed by atoms with van der Waals surface area (Å²) < 4.78 is 0. The molecule has 8 nitrogen and oxygen atoms in total. The van der Waals surface area contributed by atoms with E-state index in [1.54, 1.807) is 66.7 Å². The number of imidazole rings is 1. The molecule has 1 saturated heterocycles. The summed E-state index contributed by atoms with van der Waals surface area (Å²) >= 11 is 7.14. The Labute approximate surface area is 203 Å². The molecule has 1 aliphatic rings. The third-order valence-electron chi connectivity index (χ3n) is 5.43. The Morgan fingerprint density at radius 2 is 1.65 bits per heavy atom. The second-order valence-corrected chi connectivity index (χ2v) is 8.98. The predicted molar refractivity (Wildman–Crippen MR) is 129 cm³/mol. The van der Waals surface area contributed by atoms with Crippen LogP contribution in [-0.4, -0.2) is 38.6 Å². The summed E-state index contributed by atoms with van der Waals surface area (Å²) in [6.45, 7) is 0. The van der Waals surface area contributed by atoms with Crippen LogP contribution in [0.1, 0.15) is 11.1 Å². The van der Waals surface area contributed by atoms with Crippen LogP contribution in [0, 0.1) is 0 Å². The Hall–Kier alpha value is -3.82.